The summed E-state index contributed by atoms with van der Waals surface area (Å²) in [5.41, 5.74) is -0.752. The minimum Gasteiger partial charge on any atom is -0.481 e. The van der Waals surface area contributed by atoms with Gasteiger partial charge in [0.1, 0.15) is 0 Å². The molecule has 2 fully saturated rings. The highest BCUT2D eigenvalue weighted by Gasteiger charge is 2.44. The van der Waals surface area contributed by atoms with E-state index in [2.05, 4.69) is 5.32 Å². The number of aliphatic hydroxyl groups excluding tert-OH is 1. The Bertz CT molecular complexity index is 366. The number of piperidine rings is 1. The number of urea groups is 1. The van der Waals surface area contributed by atoms with E-state index in [0.717, 1.165) is 25.7 Å². The monoisotopic (exact) mass is 284 g/mol. The van der Waals surface area contributed by atoms with Crippen molar-refractivity contribution in [2.45, 2.75) is 51.0 Å². The molecule has 3 N–H and O–H groups in total. The second-order valence-corrected chi connectivity index (χ2v) is 5.95. The molecule has 0 aromatic heterocycles. The summed E-state index contributed by atoms with van der Waals surface area (Å²) in [5.74, 6) is -0.811. The van der Waals surface area contributed by atoms with Gasteiger partial charge in [-0.05, 0) is 38.5 Å². The van der Waals surface area contributed by atoms with Crippen LogP contribution in [-0.2, 0) is 4.79 Å². The van der Waals surface area contributed by atoms with Gasteiger partial charge in [0.25, 0.3) is 0 Å². The molecule has 0 spiro atoms. The number of nitrogens with one attached hydrogen (secondary N) is 1. The first kappa shape index (κ1) is 15.1. The van der Waals surface area contributed by atoms with Crippen LogP contribution in [0.25, 0.3) is 0 Å². The van der Waals surface area contributed by atoms with Crippen LogP contribution < -0.4 is 5.32 Å². The Kier molecular flexibility index (Phi) is 4.86. The summed E-state index contributed by atoms with van der Waals surface area (Å²) in [6.45, 7) is 0.980. The molecule has 2 aliphatic rings. The molecule has 6 nitrogen and oxygen atoms in total. The number of carbonyl (C=O) groups is 2. The van der Waals surface area contributed by atoms with E-state index in [9.17, 15) is 14.7 Å². The zero-order valence-corrected chi connectivity index (χ0v) is 11.8. The zero-order chi connectivity index (χ0) is 14.6. The maximum absolute atomic E-state index is 12.2. The predicted molar refractivity (Wildman–Crippen MR) is 73.4 cm³/mol. The molecular weight excluding hydrogens is 260 g/mol. The summed E-state index contributed by atoms with van der Waals surface area (Å²) in [6.07, 6.45) is 5.76. The van der Waals surface area contributed by atoms with Crippen LogP contribution in [0.4, 0.5) is 4.79 Å². The Hall–Kier alpha value is -1.30. The van der Waals surface area contributed by atoms with Gasteiger partial charge >= 0.3 is 12.0 Å². The Morgan fingerprint density at radius 1 is 1.25 bits per heavy atom. The van der Waals surface area contributed by atoms with E-state index in [4.69, 9.17) is 5.11 Å². The van der Waals surface area contributed by atoms with Crippen molar-refractivity contribution < 1.29 is 19.8 Å². The van der Waals surface area contributed by atoms with Gasteiger partial charge in [0.15, 0.2) is 0 Å². The van der Waals surface area contributed by atoms with Crippen LogP contribution in [0.1, 0.15) is 44.9 Å². The molecular formula is C14H24N2O4. The number of aliphatic carboxylic acids is 1. The number of hydrogen-bond acceptors (Lipinski definition) is 3. The molecule has 1 aliphatic heterocycles. The molecule has 1 atom stereocenters. The van der Waals surface area contributed by atoms with E-state index in [1.165, 1.54) is 0 Å². The average molecular weight is 284 g/mol. The third-order valence-electron chi connectivity index (χ3n) is 4.69. The SMILES string of the molecule is O=C(NCC1(C(=O)O)CCC1)N1CCCCC1CCO. The number of aliphatic hydroxyl groups is 1. The smallest absolute Gasteiger partial charge is 0.317 e. The van der Waals surface area contributed by atoms with Crippen LogP contribution >= 0.6 is 0 Å². The molecule has 1 unspecified atom stereocenters. The second-order valence-electron chi connectivity index (χ2n) is 5.95. The molecule has 1 heterocycles. The van der Waals surface area contributed by atoms with E-state index in [0.29, 0.717) is 25.8 Å². The minimum absolute atomic E-state index is 0.0769. The van der Waals surface area contributed by atoms with Gasteiger partial charge in [0.2, 0.25) is 0 Å². The van der Waals surface area contributed by atoms with Crippen molar-refractivity contribution in [2.24, 2.45) is 5.41 Å². The lowest BCUT2D eigenvalue weighted by molar-refractivity contribution is -0.153. The summed E-state index contributed by atoms with van der Waals surface area (Å²) in [5, 5.41) is 21.1. The number of rotatable bonds is 5. The Morgan fingerprint density at radius 3 is 2.55 bits per heavy atom. The molecule has 0 bridgehead atoms. The first-order valence-corrected chi connectivity index (χ1v) is 7.48. The van der Waals surface area contributed by atoms with Crippen molar-refractivity contribution in [3.05, 3.63) is 0 Å². The normalized spacial score (nSPS) is 24.9. The molecule has 0 aromatic carbocycles. The first-order valence-electron chi connectivity index (χ1n) is 7.48. The molecule has 6 heteroatoms. The third-order valence-corrected chi connectivity index (χ3v) is 4.69. The third kappa shape index (κ3) is 3.06. The molecule has 1 saturated carbocycles. The second kappa shape index (κ2) is 6.43. The molecule has 1 aliphatic carbocycles. The van der Waals surface area contributed by atoms with Crippen molar-refractivity contribution >= 4 is 12.0 Å². The first-order chi connectivity index (χ1) is 9.59. The van der Waals surface area contributed by atoms with E-state index >= 15 is 0 Å². The van der Waals surface area contributed by atoms with Gasteiger partial charge in [-0.3, -0.25) is 4.79 Å². The largest absolute Gasteiger partial charge is 0.481 e. The summed E-state index contributed by atoms with van der Waals surface area (Å²) in [4.78, 5) is 25.3. The van der Waals surface area contributed by atoms with Crippen molar-refractivity contribution in [3.63, 3.8) is 0 Å². The molecule has 0 radical (unpaired) electrons. The summed E-state index contributed by atoms with van der Waals surface area (Å²) >= 11 is 0. The zero-order valence-electron chi connectivity index (χ0n) is 11.8. The number of carbonyl (C=O) groups excluding carboxylic acids is 1. The number of carboxylic acids is 1. The van der Waals surface area contributed by atoms with Crippen LogP contribution in [-0.4, -0.2) is 52.9 Å². The minimum atomic E-state index is -0.811. The van der Waals surface area contributed by atoms with Gasteiger partial charge in [-0.2, -0.15) is 0 Å². The van der Waals surface area contributed by atoms with Crippen LogP contribution in [0, 0.1) is 5.41 Å². The van der Waals surface area contributed by atoms with Gasteiger partial charge in [-0.25, -0.2) is 4.79 Å². The number of nitrogens with zero attached hydrogens (tertiary/aromatic N) is 1. The Labute approximate surface area is 119 Å². The van der Waals surface area contributed by atoms with Crippen molar-refractivity contribution in [1.29, 1.82) is 0 Å². The fourth-order valence-electron chi connectivity index (χ4n) is 3.13. The highest BCUT2D eigenvalue weighted by molar-refractivity contribution is 5.79. The number of likely N-dealkylation sites (tertiary alicyclic amines) is 1. The molecule has 20 heavy (non-hydrogen) atoms. The van der Waals surface area contributed by atoms with Gasteiger partial charge in [-0.1, -0.05) is 6.42 Å². The van der Waals surface area contributed by atoms with E-state index in [1.807, 2.05) is 0 Å². The summed E-state index contributed by atoms with van der Waals surface area (Å²) in [6, 6.07) is -0.105. The number of amides is 2. The van der Waals surface area contributed by atoms with Gasteiger partial charge < -0.3 is 20.4 Å². The molecule has 2 amide bonds. The van der Waals surface area contributed by atoms with Crippen molar-refractivity contribution in [3.8, 4) is 0 Å². The van der Waals surface area contributed by atoms with Crippen molar-refractivity contribution in [2.75, 3.05) is 19.7 Å². The Balaban J connectivity index is 1.88. The van der Waals surface area contributed by atoms with Crippen LogP contribution in [0.3, 0.4) is 0 Å². The number of carboxylic acid groups (broad SMARTS) is 1. The number of hydrogen-bond donors (Lipinski definition) is 3. The predicted octanol–water partition coefficient (Wildman–Crippen LogP) is 1.19. The van der Waals surface area contributed by atoms with E-state index < -0.39 is 11.4 Å². The van der Waals surface area contributed by atoms with Gasteiger partial charge in [-0.15, -0.1) is 0 Å². The van der Waals surface area contributed by atoms with Crippen molar-refractivity contribution in [1.82, 2.24) is 10.2 Å². The maximum atomic E-state index is 12.2. The van der Waals surface area contributed by atoms with Crippen LogP contribution in [0.15, 0.2) is 0 Å². The molecule has 114 valence electrons. The average Bonchev–Trinajstić information content (AvgIpc) is 2.38. The quantitative estimate of drug-likeness (QED) is 0.707. The standard InChI is InChI=1S/C14H24N2O4/c17-9-5-11-4-1-2-8-16(11)13(20)15-10-14(12(18)19)6-3-7-14/h11,17H,1-10H2,(H,15,20)(H,18,19). The lowest BCUT2D eigenvalue weighted by Gasteiger charge is -2.40. The van der Waals surface area contributed by atoms with Crippen LogP contribution in [0.5, 0.6) is 0 Å². The highest BCUT2D eigenvalue weighted by atomic mass is 16.4. The molecule has 1 saturated heterocycles. The lowest BCUT2D eigenvalue weighted by Crippen LogP contribution is -2.53. The van der Waals surface area contributed by atoms with E-state index in [-0.39, 0.29) is 25.2 Å². The van der Waals surface area contributed by atoms with Crippen LogP contribution in [0.2, 0.25) is 0 Å². The highest BCUT2D eigenvalue weighted by Crippen LogP contribution is 2.40. The van der Waals surface area contributed by atoms with E-state index in [1.54, 1.807) is 4.90 Å². The molecule has 2 rings (SSSR count). The summed E-state index contributed by atoms with van der Waals surface area (Å²) in [7, 11) is 0. The fourth-order valence-corrected chi connectivity index (χ4v) is 3.13. The van der Waals surface area contributed by atoms with Gasteiger partial charge in [0, 0.05) is 25.7 Å². The van der Waals surface area contributed by atoms with Gasteiger partial charge in [0.05, 0.1) is 5.41 Å². The topological polar surface area (TPSA) is 89.9 Å². The summed E-state index contributed by atoms with van der Waals surface area (Å²) < 4.78 is 0. The maximum Gasteiger partial charge on any atom is 0.317 e. The Morgan fingerprint density at radius 2 is 2.00 bits per heavy atom. The molecule has 0 aromatic rings. The lowest BCUT2D eigenvalue weighted by atomic mass is 9.69. The fraction of sp³-hybridized carbons (Fsp3) is 0.857.